The Kier molecular flexibility index (Phi) is 6.80. The first-order valence-corrected chi connectivity index (χ1v) is 10.3. The number of hydrogen-bond acceptors (Lipinski definition) is 6. The van der Waals surface area contributed by atoms with Gasteiger partial charge < -0.3 is 5.11 Å². The molecule has 0 saturated carbocycles. The largest absolute Gasteiger partial charge is 0.390 e. The van der Waals surface area contributed by atoms with Crippen molar-refractivity contribution in [2.45, 2.75) is 44.2 Å². The normalized spacial score (nSPS) is 13.8. The first-order valence-electron chi connectivity index (χ1n) is 7.96. The number of aliphatic hydroxyl groups excluding tert-OH is 1. The van der Waals surface area contributed by atoms with Gasteiger partial charge in [-0.05, 0) is 55.3 Å². The molecule has 0 spiro atoms. The van der Waals surface area contributed by atoms with Gasteiger partial charge >= 0.3 is 0 Å². The Morgan fingerprint density at radius 1 is 1.31 bits per heavy atom. The number of benzene rings is 1. The van der Waals surface area contributed by atoms with E-state index in [4.69, 9.17) is 9.71 Å². The summed E-state index contributed by atoms with van der Waals surface area (Å²) in [6, 6.07) is 6.42. The van der Waals surface area contributed by atoms with E-state index in [2.05, 4.69) is 10.0 Å². The molecule has 0 radical (unpaired) electrons. The summed E-state index contributed by atoms with van der Waals surface area (Å²) in [5, 5.41) is 15.7. The first-order chi connectivity index (χ1) is 12.2. The Labute approximate surface area is 157 Å². The van der Waals surface area contributed by atoms with E-state index in [1.165, 1.54) is 11.3 Å². The first kappa shape index (κ1) is 20.4. The third-order valence-electron chi connectivity index (χ3n) is 3.88. The lowest BCUT2D eigenvalue weighted by atomic mass is 10.1. The van der Waals surface area contributed by atoms with E-state index in [1.807, 2.05) is 24.4 Å². The van der Waals surface area contributed by atoms with Crippen molar-refractivity contribution < 1.29 is 17.7 Å². The average Bonchev–Trinajstić information content (AvgIpc) is 3.04. The SMILES string of the molecule is Cc1cc(C)c(S(=O)(=O)OC[C@@H](O)[C@H](Cc2cccs2)N=[N+]=[N-])c(C)c1. The minimum absolute atomic E-state index is 0.105. The Bertz CT molecular complexity index is 881. The van der Waals surface area contributed by atoms with Crippen molar-refractivity contribution >= 4 is 21.5 Å². The fourth-order valence-corrected chi connectivity index (χ4v) is 4.94. The Hall–Kier alpha value is -1.90. The fraction of sp³-hybridized carbons (Fsp3) is 0.412. The van der Waals surface area contributed by atoms with E-state index in [0.717, 1.165) is 10.4 Å². The molecule has 9 heteroatoms. The molecule has 7 nitrogen and oxygen atoms in total. The predicted molar refractivity (Wildman–Crippen MR) is 101 cm³/mol. The van der Waals surface area contributed by atoms with Crippen LogP contribution in [0.15, 0.2) is 39.7 Å². The van der Waals surface area contributed by atoms with Crippen LogP contribution < -0.4 is 0 Å². The summed E-state index contributed by atoms with van der Waals surface area (Å²) >= 11 is 1.47. The standard InChI is InChI=1S/C17H21N3O4S2/c1-11-7-12(2)17(13(3)8-11)26(22,23)24-10-16(21)15(19-20-18)9-14-5-4-6-25-14/h4-8,15-16,21H,9-10H2,1-3H3/t15-,16+/m0/s1. The highest BCUT2D eigenvalue weighted by atomic mass is 32.2. The van der Waals surface area contributed by atoms with Crippen molar-refractivity contribution in [2.75, 3.05) is 6.61 Å². The van der Waals surface area contributed by atoms with Gasteiger partial charge in [-0.25, -0.2) is 0 Å². The fourth-order valence-electron chi connectivity index (χ4n) is 2.85. The molecule has 26 heavy (non-hydrogen) atoms. The summed E-state index contributed by atoms with van der Waals surface area (Å²) < 4.78 is 30.2. The molecule has 1 aromatic carbocycles. The zero-order valence-electron chi connectivity index (χ0n) is 14.8. The van der Waals surface area contributed by atoms with Crippen molar-refractivity contribution in [3.63, 3.8) is 0 Å². The second kappa shape index (κ2) is 8.66. The van der Waals surface area contributed by atoms with Gasteiger partial charge in [0.25, 0.3) is 10.1 Å². The zero-order valence-corrected chi connectivity index (χ0v) is 16.4. The number of azide groups is 1. The van der Waals surface area contributed by atoms with Gasteiger partial charge in [-0.2, -0.15) is 8.42 Å². The van der Waals surface area contributed by atoms with Crippen LogP contribution in [0.2, 0.25) is 0 Å². The second-order valence-electron chi connectivity index (χ2n) is 6.09. The molecule has 0 saturated heterocycles. The van der Waals surface area contributed by atoms with Crippen molar-refractivity contribution in [1.82, 2.24) is 0 Å². The number of hydrogen-bond donors (Lipinski definition) is 1. The lowest BCUT2D eigenvalue weighted by molar-refractivity contribution is 0.0881. The smallest absolute Gasteiger partial charge is 0.297 e. The summed E-state index contributed by atoms with van der Waals surface area (Å²) in [4.78, 5) is 3.77. The van der Waals surface area contributed by atoms with Crippen LogP contribution in [-0.2, 0) is 20.7 Å². The van der Waals surface area contributed by atoms with Crippen LogP contribution in [0.3, 0.4) is 0 Å². The van der Waals surface area contributed by atoms with Gasteiger partial charge in [0.1, 0.15) is 0 Å². The predicted octanol–water partition coefficient (Wildman–Crippen LogP) is 3.66. The minimum atomic E-state index is -4.04. The summed E-state index contributed by atoms with van der Waals surface area (Å²) in [5.41, 5.74) is 10.8. The van der Waals surface area contributed by atoms with E-state index in [9.17, 15) is 13.5 Å². The molecule has 2 atom stereocenters. The molecule has 0 fully saturated rings. The molecule has 0 aliphatic carbocycles. The second-order valence-corrected chi connectivity index (χ2v) is 8.67. The Morgan fingerprint density at radius 2 is 1.96 bits per heavy atom. The Morgan fingerprint density at radius 3 is 2.50 bits per heavy atom. The average molecular weight is 396 g/mol. The third kappa shape index (κ3) is 5.06. The van der Waals surface area contributed by atoms with Crippen LogP contribution in [0.1, 0.15) is 21.6 Å². The van der Waals surface area contributed by atoms with Crippen LogP contribution in [0.4, 0.5) is 0 Å². The monoisotopic (exact) mass is 395 g/mol. The van der Waals surface area contributed by atoms with Crippen LogP contribution in [0, 0.1) is 20.8 Å². The van der Waals surface area contributed by atoms with E-state index in [-0.39, 0.29) is 4.90 Å². The van der Waals surface area contributed by atoms with Gasteiger partial charge in [0.2, 0.25) is 0 Å². The number of aliphatic hydroxyl groups is 1. The summed E-state index contributed by atoms with van der Waals surface area (Å²) in [6.07, 6.45) is -0.927. The summed E-state index contributed by atoms with van der Waals surface area (Å²) in [5.74, 6) is 0. The van der Waals surface area contributed by atoms with Gasteiger partial charge in [0, 0.05) is 9.79 Å². The van der Waals surface area contributed by atoms with Crippen LogP contribution in [0.5, 0.6) is 0 Å². The topological polar surface area (TPSA) is 112 Å². The van der Waals surface area contributed by atoms with Crippen molar-refractivity contribution in [1.29, 1.82) is 0 Å². The number of nitrogens with zero attached hydrogens (tertiary/aromatic N) is 3. The van der Waals surface area contributed by atoms with Gasteiger partial charge in [-0.3, -0.25) is 4.18 Å². The van der Waals surface area contributed by atoms with Crippen LogP contribution >= 0.6 is 11.3 Å². The van der Waals surface area contributed by atoms with Gasteiger partial charge in [0.05, 0.1) is 23.6 Å². The third-order valence-corrected chi connectivity index (χ3v) is 6.37. The van der Waals surface area contributed by atoms with Crippen LogP contribution in [0.25, 0.3) is 10.4 Å². The maximum absolute atomic E-state index is 12.6. The zero-order chi connectivity index (χ0) is 19.3. The molecular formula is C17H21N3O4S2. The van der Waals surface area contributed by atoms with E-state index in [0.29, 0.717) is 17.5 Å². The maximum Gasteiger partial charge on any atom is 0.297 e. The van der Waals surface area contributed by atoms with E-state index in [1.54, 1.807) is 26.0 Å². The van der Waals surface area contributed by atoms with Gasteiger partial charge in [-0.1, -0.05) is 28.9 Å². The minimum Gasteiger partial charge on any atom is -0.390 e. The molecule has 0 aliphatic heterocycles. The molecule has 140 valence electrons. The highest BCUT2D eigenvalue weighted by Crippen LogP contribution is 2.24. The summed E-state index contributed by atoms with van der Waals surface area (Å²) in [7, 11) is -4.04. The quantitative estimate of drug-likeness (QED) is 0.318. The number of aryl methyl sites for hydroxylation is 3. The highest BCUT2D eigenvalue weighted by Gasteiger charge is 2.25. The van der Waals surface area contributed by atoms with Gasteiger partial charge in [-0.15, -0.1) is 11.3 Å². The molecular weight excluding hydrogens is 374 g/mol. The lowest BCUT2D eigenvalue weighted by Crippen LogP contribution is -2.31. The lowest BCUT2D eigenvalue weighted by Gasteiger charge is -2.18. The summed E-state index contributed by atoms with van der Waals surface area (Å²) in [6.45, 7) is 4.80. The van der Waals surface area contributed by atoms with Gasteiger partial charge in [0.15, 0.2) is 0 Å². The van der Waals surface area contributed by atoms with E-state index < -0.39 is 28.9 Å². The van der Waals surface area contributed by atoms with Crippen molar-refractivity contribution in [3.05, 3.63) is 61.7 Å². The van der Waals surface area contributed by atoms with E-state index >= 15 is 0 Å². The molecule has 1 N–H and O–H groups in total. The molecule has 0 bridgehead atoms. The van der Waals surface area contributed by atoms with Crippen molar-refractivity contribution in [2.24, 2.45) is 5.11 Å². The molecule has 2 rings (SSSR count). The molecule has 1 heterocycles. The molecule has 0 unspecified atom stereocenters. The maximum atomic E-state index is 12.6. The molecule has 1 aromatic heterocycles. The molecule has 2 aromatic rings. The Balaban J connectivity index is 2.13. The molecule has 0 amide bonds. The molecule has 0 aliphatic rings. The van der Waals surface area contributed by atoms with Crippen molar-refractivity contribution in [3.8, 4) is 0 Å². The number of thiophene rings is 1. The van der Waals surface area contributed by atoms with Crippen LogP contribution in [-0.4, -0.2) is 32.3 Å². The highest BCUT2D eigenvalue weighted by molar-refractivity contribution is 7.86. The number of rotatable bonds is 8.